The van der Waals surface area contributed by atoms with Gasteiger partial charge in [0.15, 0.2) is 0 Å². The highest BCUT2D eigenvalue weighted by Crippen LogP contribution is 2.36. The second-order valence-corrected chi connectivity index (χ2v) is 9.82. The number of hydrogen-bond acceptors (Lipinski definition) is 4. The Morgan fingerprint density at radius 1 is 1.00 bits per heavy atom. The monoisotopic (exact) mass is 498 g/mol. The van der Waals surface area contributed by atoms with Gasteiger partial charge in [-0.05, 0) is 60.2 Å². The van der Waals surface area contributed by atoms with Crippen molar-refractivity contribution in [2.45, 2.75) is 57.6 Å². The molecule has 0 amide bonds. The molecule has 1 atom stereocenters. The lowest BCUT2D eigenvalue weighted by molar-refractivity contribution is -0.137. The van der Waals surface area contributed by atoms with Gasteiger partial charge in [-0.15, -0.1) is 0 Å². The number of aromatic nitrogens is 2. The molecule has 1 aliphatic carbocycles. The molecule has 1 aliphatic rings. The molecule has 0 saturated heterocycles. The van der Waals surface area contributed by atoms with E-state index in [0.717, 1.165) is 51.9 Å². The molecular formula is C30H30N2O5. The summed E-state index contributed by atoms with van der Waals surface area (Å²) >= 11 is 0. The van der Waals surface area contributed by atoms with Gasteiger partial charge in [0.05, 0.1) is 23.5 Å². The molecule has 1 heterocycles. The summed E-state index contributed by atoms with van der Waals surface area (Å²) in [7, 11) is 0. The average molecular weight is 499 g/mol. The predicted octanol–water partition coefficient (Wildman–Crippen LogP) is 6.67. The molecule has 1 fully saturated rings. The minimum absolute atomic E-state index is 0.0562. The third-order valence-electron chi connectivity index (χ3n) is 7.18. The maximum Gasteiger partial charge on any atom is 0.335 e. The highest BCUT2D eigenvalue weighted by molar-refractivity contribution is 5.95. The van der Waals surface area contributed by atoms with Crippen LogP contribution >= 0.6 is 0 Å². The van der Waals surface area contributed by atoms with Crippen LogP contribution in [-0.2, 0) is 11.4 Å². The molecular weight excluding hydrogens is 468 g/mol. The van der Waals surface area contributed by atoms with Gasteiger partial charge in [-0.2, -0.15) is 5.10 Å². The summed E-state index contributed by atoms with van der Waals surface area (Å²) in [5, 5.41) is 24.3. The van der Waals surface area contributed by atoms with Gasteiger partial charge in [0, 0.05) is 10.9 Å². The van der Waals surface area contributed by atoms with Crippen LogP contribution < -0.4 is 4.74 Å². The molecule has 1 aromatic heterocycles. The minimum atomic E-state index is -0.943. The minimum Gasteiger partial charge on any atom is -0.489 e. The quantitative estimate of drug-likeness (QED) is 0.267. The van der Waals surface area contributed by atoms with E-state index in [1.807, 2.05) is 49.4 Å². The van der Waals surface area contributed by atoms with Crippen LogP contribution in [0.15, 0.2) is 66.7 Å². The highest BCUT2D eigenvalue weighted by atomic mass is 16.5. The molecule has 1 saturated carbocycles. The molecule has 0 aliphatic heterocycles. The van der Waals surface area contributed by atoms with Crippen molar-refractivity contribution in [1.82, 2.24) is 9.78 Å². The van der Waals surface area contributed by atoms with Gasteiger partial charge >= 0.3 is 11.9 Å². The first-order valence-electron chi connectivity index (χ1n) is 12.7. The van der Waals surface area contributed by atoms with Crippen molar-refractivity contribution in [3.8, 4) is 17.0 Å². The van der Waals surface area contributed by atoms with Crippen molar-refractivity contribution in [3.63, 3.8) is 0 Å². The van der Waals surface area contributed by atoms with E-state index in [1.54, 1.807) is 12.1 Å². The summed E-state index contributed by atoms with van der Waals surface area (Å²) in [5.41, 5.74) is 5.07. The Hall–Kier alpha value is -4.13. The number of hydrogen-bond donors (Lipinski definition) is 2. The second kappa shape index (κ2) is 10.5. The number of aromatic carboxylic acids is 1. The predicted molar refractivity (Wildman–Crippen MR) is 141 cm³/mol. The van der Waals surface area contributed by atoms with Gasteiger partial charge in [-0.3, -0.25) is 9.48 Å². The van der Waals surface area contributed by atoms with Crippen LogP contribution in [0.4, 0.5) is 0 Å². The van der Waals surface area contributed by atoms with E-state index in [9.17, 15) is 14.7 Å². The Balaban J connectivity index is 1.39. The first-order chi connectivity index (χ1) is 17.9. The number of ether oxygens (including phenoxy) is 1. The van der Waals surface area contributed by atoms with E-state index >= 15 is 0 Å². The fourth-order valence-corrected chi connectivity index (χ4v) is 5.12. The van der Waals surface area contributed by atoms with E-state index in [2.05, 4.69) is 16.8 Å². The number of carbonyl (C=O) groups is 2. The van der Waals surface area contributed by atoms with Crippen LogP contribution in [0.1, 0.15) is 72.5 Å². The molecule has 0 unspecified atom stereocenters. The molecule has 4 aromatic rings. The first-order valence-corrected chi connectivity index (χ1v) is 12.7. The van der Waals surface area contributed by atoms with E-state index < -0.39 is 11.9 Å². The van der Waals surface area contributed by atoms with Crippen LogP contribution in [0.2, 0.25) is 0 Å². The molecule has 2 N–H and O–H groups in total. The number of aliphatic carboxylic acids is 1. The molecule has 37 heavy (non-hydrogen) atoms. The molecule has 3 aromatic carbocycles. The lowest BCUT2D eigenvalue weighted by atomic mass is 9.98. The summed E-state index contributed by atoms with van der Waals surface area (Å²) in [4.78, 5) is 22.3. The zero-order valence-corrected chi connectivity index (χ0v) is 20.8. The lowest BCUT2D eigenvalue weighted by Gasteiger charge is -2.13. The van der Waals surface area contributed by atoms with Crippen molar-refractivity contribution in [3.05, 3.63) is 83.4 Å². The van der Waals surface area contributed by atoms with Crippen molar-refractivity contribution in [2.75, 3.05) is 0 Å². The standard InChI is InChI=1S/C30H30N2O5/c1-19(16-28(33)34)21-11-13-25(14-12-21)37-18-20-6-15-26-27(17-20)32(24-4-2-3-5-24)31-29(26)22-7-9-23(10-8-22)30(35)36/h6-15,17,19,24H,2-5,16,18H2,1H3,(H,33,34)(H,35,36)/t19-/m0/s1. The van der Waals surface area contributed by atoms with E-state index in [1.165, 1.54) is 12.8 Å². The highest BCUT2D eigenvalue weighted by Gasteiger charge is 2.22. The molecule has 0 bridgehead atoms. The number of fused-ring (bicyclic) bond motifs is 1. The van der Waals surface area contributed by atoms with Crippen LogP contribution in [0, 0.1) is 0 Å². The van der Waals surface area contributed by atoms with Gasteiger partial charge in [-0.1, -0.05) is 56.2 Å². The zero-order valence-electron chi connectivity index (χ0n) is 20.8. The van der Waals surface area contributed by atoms with Crippen molar-refractivity contribution in [1.29, 1.82) is 0 Å². The number of benzene rings is 3. The van der Waals surface area contributed by atoms with Crippen molar-refractivity contribution >= 4 is 22.8 Å². The average Bonchev–Trinajstić information content (AvgIpc) is 3.55. The lowest BCUT2D eigenvalue weighted by Crippen LogP contribution is -2.06. The van der Waals surface area contributed by atoms with Gasteiger partial charge in [0.2, 0.25) is 0 Å². The van der Waals surface area contributed by atoms with E-state index in [-0.39, 0.29) is 17.9 Å². The van der Waals surface area contributed by atoms with Crippen LogP contribution in [-0.4, -0.2) is 31.9 Å². The number of rotatable bonds is 9. The molecule has 7 nitrogen and oxygen atoms in total. The largest absolute Gasteiger partial charge is 0.489 e. The van der Waals surface area contributed by atoms with Crippen molar-refractivity contribution in [2.24, 2.45) is 0 Å². The summed E-state index contributed by atoms with van der Waals surface area (Å²) in [5.74, 6) is -1.07. The Labute approximate surface area is 215 Å². The van der Waals surface area contributed by atoms with Crippen molar-refractivity contribution < 1.29 is 24.5 Å². The Kier molecular flexibility index (Phi) is 6.95. The smallest absolute Gasteiger partial charge is 0.335 e. The maximum absolute atomic E-state index is 11.3. The number of carboxylic acids is 2. The van der Waals surface area contributed by atoms with Crippen LogP contribution in [0.3, 0.4) is 0 Å². The maximum atomic E-state index is 11.3. The van der Waals surface area contributed by atoms with Crippen LogP contribution in [0.25, 0.3) is 22.2 Å². The number of carboxylic acid groups (broad SMARTS) is 2. The van der Waals surface area contributed by atoms with Gasteiger partial charge < -0.3 is 14.9 Å². The molecule has 0 spiro atoms. The fourth-order valence-electron chi connectivity index (χ4n) is 5.12. The SMILES string of the molecule is C[C@@H](CC(=O)O)c1ccc(OCc2ccc3c(-c4ccc(C(=O)O)cc4)nn(C4CCCC4)c3c2)cc1. The first kappa shape index (κ1) is 24.6. The molecule has 0 radical (unpaired) electrons. The summed E-state index contributed by atoms with van der Waals surface area (Å²) < 4.78 is 8.19. The van der Waals surface area contributed by atoms with Gasteiger partial charge in [-0.25, -0.2) is 4.79 Å². The van der Waals surface area contributed by atoms with Crippen LogP contribution in [0.5, 0.6) is 5.75 Å². The fraction of sp³-hybridized carbons (Fsp3) is 0.300. The van der Waals surface area contributed by atoms with Gasteiger partial charge in [0.1, 0.15) is 18.1 Å². The molecule has 190 valence electrons. The van der Waals surface area contributed by atoms with E-state index in [0.29, 0.717) is 12.6 Å². The third kappa shape index (κ3) is 5.35. The zero-order chi connectivity index (χ0) is 25.9. The second-order valence-electron chi connectivity index (χ2n) is 9.82. The Morgan fingerprint density at radius 3 is 2.35 bits per heavy atom. The Morgan fingerprint density at radius 2 is 1.70 bits per heavy atom. The molecule has 7 heteroatoms. The van der Waals surface area contributed by atoms with Gasteiger partial charge in [0.25, 0.3) is 0 Å². The summed E-state index contributed by atoms with van der Waals surface area (Å²) in [6.07, 6.45) is 4.68. The summed E-state index contributed by atoms with van der Waals surface area (Å²) in [6, 6.07) is 21.1. The normalized spacial score (nSPS) is 14.6. The number of nitrogens with zero attached hydrogens (tertiary/aromatic N) is 2. The topological polar surface area (TPSA) is 102 Å². The third-order valence-corrected chi connectivity index (χ3v) is 7.18. The summed E-state index contributed by atoms with van der Waals surface area (Å²) in [6.45, 7) is 2.31. The van der Waals surface area contributed by atoms with E-state index in [4.69, 9.17) is 14.9 Å². The Bertz CT molecular complexity index is 1420. The molecule has 5 rings (SSSR count).